The number of hydrogen-bond acceptors (Lipinski definition) is 3. The van der Waals surface area contributed by atoms with Crippen LogP contribution >= 0.6 is 0 Å². The minimum Gasteiger partial charge on any atom is -0.262 e. The Bertz CT molecular complexity index is 392. The quantitative estimate of drug-likeness (QED) is 0.634. The molecule has 12 heavy (non-hydrogen) atoms. The van der Waals surface area contributed by atoms with E-state index in [1.807, 2.05) is 6.20 Å². The molecule has 0 unspecified atom stereocenters. The summed E-state index contributed by atoms with van der Waals surface area (Å²) < 4.78 is 0. The maximum absolute atomic E-state index is 4.25. The molecule has 0 atom stereocenters. The molecule has 0 bridgehead atoms. The molecule has 3 nitrogen and oxygen atoms in total. The summed E-state index contributed by atoms with van der Waals surface area (Å²) in [6.45, 7) is 2.09. The van der Waals surface area contributed by atoms with Crippen LogP contribution in [-0.4, -0.2) is 15.0 Å². The number of hydrogen-bond donors (Lipinski definition) is 0. The van der Waals surface area contributed by atoms with Crippen LogP contribution in [0.1, 0.15) is 12.5 Å². The van der Waals surface area contributed by atoms with E-state index in [4.69, 9.17) is 0 Å². The first-order valence-electron chi connectivity index (χ1n) is 3.95. The van der Waals surface area contributed by atoms with Gasteiger partial charge in [-0.2, -0.15) is 0 Å². The van der Waals surface area contributed by atoms with Gasteiger partial charge in [-0.1, -0.05) is 6.92 Å². The molecule has 0 radical (unpaired) electrons. The molecule has 0 N–H and O–H groups in total. The van der Waals surface area contributed by atoms with Crippen LogP contribution in [0.25, 0.3) is 11.0 Å². The second-order valence-electron chi connectivity index (χ2n) is 2.58. The number of aromatic nitrogens is 3. The van der Waals surface area contributed by atoms with Crippen LogP contribution in [0.5, 0.6) is 0 Å². The molecule has 3 heteroatoms. The largest absolute Gasteiger partial charge is 0.262 e. The Labute approximate surface area is 70.5 Å². The predicted octanol–water partition coefficient (Wildman–Crippen LogP) is 1.59. The minimum atomic E-state index is 0.872. The summed E-state index contributed by atoms with van der Waals surface area (Å²) in [6, 6.07) is 0. The second-order valence-corrected chi connectivity index (χ2v) is 2.58. The predicted molar refractivity (Wildman–Crippen MR) is 46.7 cm³/mol. The van der Waals surface area contributed by atoms with Gasteiger partial charge in [0.25, 0.3) is 0 Å². The van der Waals surface area contributed by atoms with Gasteiger partial charge in [-0.15, -0.1) is 0 Å². The maximum Gasteiger partial charge on any atom is 0.107 e. The van der Waals surface area contributed by atoms with Crippen LogP contribution in [0.2, 0.25) is 0 Å². The summed E-state index contributed by atoms with van der Waals surface area (Å²) in [5, 5.41) is 0. The van der Waals surface area contributed by atoms with Gasteiger partial charge >= 0.3 is 0 Å². The van der Waals surface area contributed by atoms with E-state index in [9.17, 15) is 0 Å². The molecule has 0 spiro atoms. The standard InChI is InChI=1S/C9H9N3/c1-2-7-5-10-6-8-9(7)12-4-3-11-8/h3-6H,2H2,1H3. The van der Waals surface area contributed by atoms with Crippen molar-refractivity contribution in [2.24, 2.45) is 0 Å². The van der Waals surface area contributed by atoms with Gasteiger partial charge in [-0.05, 0) is 12.0 Å². The van der Waals surface area contributed by atoms with Crippen LogP contribution in [0.3, 0.4) is 0 Å². The van der Waals surface area contributed by atoms with Gasteiger partial charge in [-0.25, -0.2) is 0 Å². The van der Waals surface area contributed by atoms with Crippen molar-refractivity contribution in [1.82, 2.24) is 15.0 Å². The van der Waals surface area contributed by atoms with Crippen LogP contribution < -0.4 is 0 Å². The number of aryl methyl sites for hydroxylation is 1. The normalized spacial score (nSPS) is 10.4. The van der Waals surface area contributed by atoms with Crippen molar-refractivity contribution in [3.05, 3.63) is 30.4 Å². The van der Waals surface area contributed by atoms with Crippen LogP contribution in [0, 0.1) is 0 Å². The highest BCUT2D eigenvalue weighted by molar-refractivity contribution is 5.75. The fourth-order valence-electron chi connectivity index (χ4n) is 1.21. The van der Waals surface area contributed by atoms with Crippen LogP contribution in [-0.2, 0) is 6.42 Å². The van der Waals surface area contributed by atoms with Crippen LogP contribution in [0.4, 0.5) is 0 Å². The van der Waals surface area contributed by atoms with Gasteiger partial charge in [-0.3, -0.25) is 15.0 Å². The van der Waals surface area contributed by atoms with Gasteiger partial charge in [0, 0.05) is 18.6 Å². The highest BCUT2D eigenvalue weighted by Crippen LogP contribution is 2.11. The molecule has 0 saturated heterocycles. The lowest BCUT2D eigenvalue weighted by Gasteiger charge is -1.99. The molecule has 0 amide bonds. The summed E-state index contributed by atoms with van der Waals surface area (Å²) in [5.41, 5.74) is 2.99. The third-order valence-electron chi connectivity index (χ3n) is 1.84. The highest BCUT2D eigenvalue weighted by Gasteiger charge is 1.99. The highest BCUT2D eigenvalue weighted by atomic mass is 14.8. The second kappa shape index (κ2) is 2.85. The van der Waals surface area contributed by atoms with E-state index in [0.717, 1.165) is 23.0 Å². The molecule has 0 aliphatic rings. The Morgan fingerprint density at radius 3 is 2.83 bits per heavy atom. The molecule has 2 aromatic rings. The molecular weight excluding hydrogens is 150 g/mol. The lowest BCUT2D eigenvalue weighted by Crippen LogP contribution is -1.90. The zero-order valence-electron chi connectivity index (χ0n) is 6.86. The summed E-state index contributed by atoms with van der Waals surface area (Å²) in [6.07, 6.45) is 7.92. The van der Waals surface area contributed by atoms with Gasteiger partial charge in [0.2, 0.25) is 0 Å². The first-order chi connectivity index (χ1) is 5.92. The molecule has 0 aliphatic heterocycles. The number of nitrogens with zero attached hydrogens (tertiary/aromatic N) is 3. The average Bonchev–Trinajstić information content (AvgIpc) is 2.17. The molecule has 0 fully saturated rings. The fourth-order valence-corrected chi connectivity index (χ4v) is 1.21. The van der Waals surface area contributed by atoms with Gasteiger partial charge in [0.1, 0.15) is 5.52 Å². The van der Waals surface area contributed by atoms with Gasteiger partial charge in [0.15, 0.2) is 0 Å². The SMILES string of the molecule is CCc1cncc2nccnc12. The van der Waals surface area contributed by atoms with Crippen molar-refractivity contribution in [3.63, 3.8) is 0 Å². The van der Waals surface area contributed by atoms with E-state index in [-0.39, 0.29) is 0 Å². The van der Waals surface area contributed by atoms with Crippen molar-refractivity contribution >= 4 is 11.0 Å². The first kappa shape index (κ1) is 7.16. The van der Waals surface area contributed by atoms with Crippen molar-refractivity contribution in [2.75, 3.05) is 0 Å². The third kappa shape index (κ3) is 1.03. The van der Waals surface area contributed by atoms with Gasteiger partial charge in [0.05, 0.1) is 11.7 Å². The summed E-state index contributed by atoms with van der Waals surface area (Å²) in [4.78, 5) is 12.5. The molecule has 2 heterocycles. The lowest BCUT2D eigenvalue weighted by atomic mass is 10.2. The summed E-state index contributed by atoms with van der Waals surface area (Å²) >= 11 is 0. The Morgan fingerprint density at radius 1 is 1.17 bits per heavy atom. The van der Waals surface area contributed by atoms with E-state index < -0.39 is 0 Å². The molecule has 0 aromatic carbocycles. The smallest absolute Gasteiger partial charge is 0.107 e. The Kier molecular flexibility index (Phi) is 1.70. The molecular formula is C9H9N3. The van der Waals surface area contributed by atoms with Gasteiger partial charge < -0.3 is 0 Å². The molecule has 0 aliphatic carbocycles. The first-order valence-corrected chi connectivity index (χ1v) is 3.95. The zero-order valence-corrected chi connectivity index (χ0v) is 6.86. The molecule has 0 saturated carbocycles. The third-order valence-corrected chi connectivity index (χ3v) is 1.84. The Morgan fingerprint density at radius 2 is 2.00 bits per heavy atom. The lowest BCUT2D eigenvalue weighted by molar-refractivity contribution is 1.10. The van der Waals surface area contributed by atoms with E-state index in [1.54, 1.807) is 18.6 Å². The molecule has 2 rings (SSSR count). The molecule has 60 valence electrons. The topological polar surface area (TPSA) is 38.7 Å². The van der Waals surface area contributed by atoms with Crippen LogP contribution in [0.15, 0.2) is 24.8 Å². The maximum atomic E-state index is 4.25. The zero-order chi connectivity index (χ0) is 8.39. The monoisotopic (exact) mass is 159 g/mol. The minimum absolute atomic E-state index is 0.872. The average molecular weight is 159 g/mol. The van der Waals surface area contributed by atoms with E-state index in [2.05, 4.69) is 21.9 Å². The number of fused-ring (bicyclic) bond motifs is 1. The Balaban J connectivity index is 2.79. The van der Waals surface area contributed by atoms with Crippen molar-refractivity contribution in [1.29, 1.82) is 0 Å². The summed E-state index contributed by atoms with van der Waals surface area (Å²) in [7, 11) is 0. The van der Waals surface area contributed by atoms with E-state index >= 15 is 0 Å². The van der Waals surface area contributed by atoms with E-state index in [0.29, 0.717) is 0 Å². The van der Waals surface area contributed by atoms with Crippen molar-refractivity contribution < 1.29 is 0 Å². The fraction of sp³-hybridized carbons (Fsp3) is 0.222. The Hall–Kier alpha value is -1.51. The van der Waals surface area contributed by atoms with Crippen molar-refractivity contribution in [2.45, 2.75) is 13.3 Å². The summed E-state index contributed by atoms with van der Waals surface area (Å²) in [5.74, 6) is 0. The van der Waals surface area contributed by atoms with Crippen molar-refractivity contribution in [3.8, 4) is 0 Å². The molecule has 2 aromatic heterocycles. The van der Waals surface area contributed by atoms with E-state index in [1.165, 1.54) is 0 Å². The number of pyridine rings is 1. The number of rotatable bonds is 1.